The number of benzene rings is 3. The number of carbonyl (C=O) groups is 2. The number of hydrogen-bond acceptors (Lipinski definition) is 7. The van der Waals surface area contributed by atoms with Crippen LogP contribution in [0.2, 0.25) is 0 Å². The third kappa shape index (κ3) is 5.14. The standard InChI is InChI=1S/C30H26F2N2O5S/c1-16(2)12-13-39-22-11-6-18(14-23(22)38-3)26-25(27(35)17-4-7-19(31)8-5-17)28(36)29(37)34(26)30-33-21-10-9-20(32)15-24(21)40-30/h4-11,14-16,26,35H,12-13H2,1-3H3. The Morgan fingerprint density at radius 2 is 1.75 bits per heavy atom. The minimum atomic E-state index is -1.10. The summed E-state index contributed by atoms with van der Waals surface area (Å²) in [7, 11) is 1.48. The van der Waals surface area contributed by atoms with Crippen LogP contribution in [0.3, 0.4) is 0 Å². The van der Waals surface area contributed by atoms with Crippen LogP contribution >= 0.6 is 11.3 Å². The summed E-state index contributed by atoms with van der Waals surface area (Å²) in [6, 6.07) is 12.9. The van der Waals surface area contributed by atoms with E-state index in [1.54, 1.807) is 18.2 Å². The molecule has 0 bridgehead atoms. The van der Waals surface area contributed by atoms with Crippen LogP contribution in [-0.4, -0.2) is 35.5 Å². The molecule has 1 N–H and O–H groups in total. The van der Waals surface area contributed by atoms with Gasteiger partial charge >= 0.3 is 5.91 Å². The number of aromatic nitrogens is 1. The minimum Gasteiger partial charge on any atom is -0.507 e. The Balaban J connectivity index is 1.66. The van der Waals surface area contributed by atoms with Crippen LogP contribution in [0.5, 0.6) is 11.5 Å². The molecule has 0 radical (unpaired) electrons. The molecule has 5 rings (SSSR count). The van der Waals surface area contributed by atoms with Crippen molar-refractivity contribution in [2.45, 2.75) is 26.3 Å². The number of rotatable bonds is 8. The SMILES string of the molecule is COc1cc(C2C(=C(O)c3ccc(F)cc3)C(=O)C(=O)N2c2nc3ccc(F)cc3s2)ccc1OCCC(C)C. The highest BCUT2D eigenvalue weighted by Crippen LogP contribution is 2.46. The maximum absolute atomic E-state index is 13.9. The lowest BCUT2D eigenvalue weighted by Crippen LogP contribution is -2.29. The third-order valence-electron chi connectivity index (χ3n) is 6.56. The molecule has 1 aliphatic heterocycles. The van der Waals surface area contributed by atoms with E-state index in [-0.39, 0.29) is 16.3 Å². The van der Waals surface area contributed by atoms with Gasteiger partial charge in [0, 0.05) is 5.56 Å². The van der Waals surface area contributed by atoms with Crippen molar-refractivity contribution < 1.29 is 33.0 Å². The number of fused-ring (bicyclic) bond motifs is 1. The molecule has 2 heterocycles. The number of thiazole rings is 1. The van der Waals surface area contributed by atoms with E-state index in [9.17, 15) is 23.5 Å². The Hall–Kier alpha value is -4.31. The molecule has 1 aliphatic rings. The van der Waals surface area contributed by atoms with Gasteiger partial charge < -0.3 is 14.6 Å². The van der Waals surface area contributed by atoms with E-state index in [0.717, 1.165) is 29.9 Å². The highest BCUT2D eigenvalue weighted by Gasteiger charge is 2.48. The van der Waals surface area contributed by atoms with Crippen molar-refractivity contribution in [1.82, 2.24) is 4.98 Å². The van der Waals surface area contributed by atoms with Gasteiger partial charge in [-0.2, -0.15) is 0 Å². The van der Waals surface area contributed by atoms with Crippen LogP contribution in [-0.2, 0) is 9.59 Å². The van der Waals surface area contributed by atoms with Crippen LogP contribution in [0.4, 0.5) is 13.9 Å². The number of hydrogen-bond donors (Lipinski definition) is 1. The number of halogens is 2. The average Bonchev–Trinajstić information content (AvgIpc) is 3.46. The molecule has 1 fully saturated rings. The first-order chi connectivity index (χ1) is 19.2. The molecule has 1 unspecified atom stereocenters. The molecule has 3 aromatic carbocycles. The lowest BCUT2D eigenvalue weighted by atomic mass is 9.95. The fourth-order valence-corrected chi connectivity index (χ4v) is 5.49. The Morgan fingerprint density at radius 1 is 1.02 bits per heavy atom. The second kappa shape index (κ2) is 11.1. The van der Waals surface area contributed by atoms with Crippen molar-refractivity contribution in [3.8, 4) is 11.5 Å². The van der Waals surface area contributed by atoms with Gasteiger partial charge in [-0.25, -0.2) is 13.8 Å². The van der Waals surface area contributed by atoms with Crippen LogP contribution in [0.25, 0.3) is 16.0 Å². The van der Waals surface area contributed by atoms with Crippen LogP contribution < -0.4 is 14.4 Å². The topological polar surface area (TPSA) is 89.0 Å². The van der Waals surface area contributed by atoms with Crippen molar-refractivity contribution in [1.29, 1.82) is 0 Å². The van der Waals surface area contributed by atoms with Gasteiger partial charge in [0.1, 0.15) is 17.4 Å². The number of amides is 1. The van der Waals surface area contributed by atoms with E-state index in [1.807, 2.05) is 0 Å². The number of aliphatic hydroxyl groups is 1. The second-order valence-electron chi connectivity index (χ2n) is 9.73. The fourth-order valence-electron chi connectivity index (χ4n) is 4.48. The zero-order chi connectivity index (χ0) is 28.6. The van der Waals surface area contributed by atoms with Crippen molar-refractivity contribution in [3.05, 3.63) is 89.0 Å². The molecule has 1 aromatic heterocycles. The van der Waals surface area contributed by atoms with E-state index < -0.39 is 35.1 Å². The van der Waals surface area contributed by atoms with Crippen LogP contribution in [0.15, 0.2) is 66.2 Å². The van der Waals surface area contributed by atoms with Crippen LogP contribution in [0, 0.1) is 17.6 Å². The van der Waals surface area contributed by atoms with Crippen molar-refractivity contribution in [3.63, 3.8) is 0 Å². The second-order valence-corrected chi connectivity index (χ2v) is 10.7. The highest BCUT2D eigenvalue weighted by atomic mass is 32.1. The van der Waals surface area contributed by atoms with Gasteiger partial charge in [0.2, 0.25) is 0 Å². The van der Waals surface area contributed by atoms with E-state index in [4.69, 9.17) is 9.47 Å². The maximum atomic E-state index is 13.9. The van der Waals surface area contributed by atoms with Gasteiger partial charge in [0.25, 0.3) is 5.78 Å². The largest absolute Gasteiger partial charge is 0.507 e. The van der Waals surface area contributed by atoms with Crippen LogP contribution in [0.1, 0.15) is 37.4 Å². The van der Waals surface area contributed by atoms with E-state index in [2.05, 4.69) is 18.8 Å². The summed E-state index contributed by atoms with van der Waals surface area (Å²) in [6.07, 6.45) is 0.834. The maximum Gasteiger partial charge on any atom is 0.301 e. The van der Waals surface area contributed by atoms with Gasteiger partial charge in [-0.1, -0.05) is 31.3 Å². The molecule has 7 nitrogen and oxygen atoms in total. The van der Waals surface area contributed by atoms with Crippen molar-refractivity contribution >= 4 is 44.1 Å². The van der Waals surface area contributed by atoms with Gasteiger partial charge in [-0.3, -0.25) is 14.5 Å². The molecular weight excluding hydrogens is 538 g/mol. The molecular formula is C30H26F2N2O5S. The normalized spacial score (nSPS) is 16.8. The zero-order valence-corrected chi connectivity index (χ0v) is 22.8. The lowest BCUT2D eigenvalue weighted by Gasteiger charge is -2.24. The predicted molar refractivity (Wildman–Crippen MR) is 149 cm³/mol. The third-order valence-corrected chi connectivity index (χ3v) is 7.58. The molecule has 206 valence electrons. The minimum absolute atomic E-state index is 0.155. The Labute approximate surface area is 233 Å². The molecule has 0 aliphatic carbocycles. The molecule has 1 atom stereocenters. The summed E-state index contributed by atoms with van der Waals surface area (Å²) < 4.78 is 39.4. The lowest BCUT2D eigenvalue weighted by molar-refractivity contribution is -0.132. The summed E-state index contributed by atoms with van der Waals surface area (Å²) in [5, 5.41) is 11.4. The molecule has 4 aromatic rings. The first kappa shape index (κ1) is 27.3. The Morgan fingerprint density at radius 3 is 2.45 bits per heavy atom. The summed E-state index contributed by atoms with van der Waals surface area (Å²) in [6.45, 7) is 4.65. The molecule has 0 saturated carbocycles. The van der Waals surface area contributed by atoms with Crippen molar-refractivity contribution in [2.75, 3.05) is 18.6 Å². The fraction of sp³-hybridized carbons (Fsp3) is 0.233. The Bertz CT molecular complexity index is 1630. The first-order valence-electron chi connectivity index (χ1n) is 12.6. The number of aliphatic hydroxyl groups excluding tert-OH is 1. The van der Waals surface area contributed by atoms with Gasteiger partial charge in [0.05, 0.1) is 35.5 Å². The average molecular weight is 565 g/mol. The van der Waals surface area contributed by atoms with E-state index >= 15 is 0 Å². The highest BCUT2D eigenvalue weighted by molar-refractivity contribution is 7.22. The van der Waals surface area contributed by atoms with E-state index in [1.165, 1.54) is 42.3 Å². The molecule has 1 saturated heterocycles. The van der Waals surface area contributed by atoms with Gasteiger partial charge in [-0.15, -0.1) is 0 Å². The first-order valence-corrected chi connectivity index (χ1v) is 13.4. The molecule has 0 spiro atoms. The van der Waals surface area contributed by atoms with E-state index in [0.29, 0.717) is 39.8 Å². The summed E-state index contributed by atoms with van der Waals surface area (Å²) in [4.78, 5) is 32.6. The zero-order valence-electron chi connectivity index (χ0n) is 22.0. The number of ether oxygens (including phenoxy) is 2. The Kier molecular flexibility index (Phi) is 7.53. The smallest absolute Gasteiger partial charge is 0.301 e. The number of methoxy groups -OCH3 is 1. The number of carbonyl (C=O) groups excluding carboxylic acids is 2. The summed E-state index contributed by atoms with van der Waals surface area (Å²) in [5.74, 6) is -1.99. The number of ketones is 1. The van der Waals surface area contributed by atoms with Gasteiger partial charge in [0.15, 0.2) is 16.6 Å². The number of nitrogens with zero attached hydrogens (tertiary/aromatic N) is 2. The molecule has 1 amide bonds. The number of Topliss-reactive ketones (excluding diaryl/α,β-unsaturated/α-hetero) is 1. The summed E-state index contributed by atoms with van der Waals surface area (Å²) in [5.41, 5.74) is 0.863. The monoisotopic (exact) mass is 564 g/mol. The van der Waals surface area contributed by atoms with Gasteiger partial charge in [-0.05, 0) is 72.5 Å². The van der Waals surface area contributed by atoms with Crippen molar-refractivity contribution in [2.24, 2.45) is 5.92 Å². The quantitative estimate of drug-likeness (QED) is 0.147. The summed E-state index contributed by atoms with van der Waals surface area (Å²) >= 11 is 1.04. The predicted octanol–water partition coefficient (Wildman–Crippen LogP) is 6.63. The number of anilines is 1. The molecule has 40 heavy (non-hydrogen) atoms. The molecule has 10 heteroatoms.